The molecule has 0 N–H and O–H groups in total. The summed E-state index contributed by atoms with van der Waals surface area (Å²) in [6.45, 7) is 6.56. The van der Waals surface area contributed by atoms with Gasteiger partial charge in [-0.1, -0.05) is 20.8 Å². The Morgan fingerprint density at radius 1 is 1.13 bits per heavy atom. The molecule has 1 rings (SSSR count). The number of ether oxygens (including phenoxy) is 1. The minimum Gasteiger partial charge on any atom is -0.433 e. The molecule has 0 aromatic heterocycles. The second-order valence-electron chi connectivity index (χ2n) is 5.63. The maximum atomic E-state index is 13.3. The van der Waals surface area contributed by atoms with E-state index in [1.165, 1.54) is 0 Å². The number of hydrogen-bond acceptors (Lipinski definition) is 4. The molecule has 1 amide bonds. The van der Waals surface area contributed by atoms with Crippen molar-refractivity contribution in [3.05, 3.63) is 35.4 Å². The van der Waals surface area contributed by atoms with Crippen molar-refractivity contribution in [2.75, 3.05) is 6.61 Å². The molecular weight excluding hydrogens is 308 g/mol. The average molecular weight is 329 g/mol. The molecule has 0 saturated carbocycles. The number of hydroxylamine groups is 2. The Balaban J connectivity index is 3.03. The number of rotatable bonds is 5. The fraction of sp³-hybridized carbons (Fsp3) is 0.500. The highest BCUT2D eigenvalue weighted by Gasteiger charge is 2.33. The number of nitrogens with zero attached hydrogens (tertiary/aromatic N) is 1. The maximum absolute atomic E-state index is 13.3. The fourth-order valence-electron chi connectivity index (χ4n) is 1.74. The van der Waals surface area contributed by atoms with Crippen LogP contribution in [-0.4, -0.2) is 23.7 Å². The monoisotopic (exact) mass is 329 g/mol. The van der Waals surface area contributed by atoms with E-state index in [0.717, 1.165) is 23.3 Å². The van der Waals surface area contributed by atoms with Crippen LogP contribution >= 0.6 is 0 Å². The van der Waals surface area contributed by atoms with Crippen molar-refractivity contribution in [2.45, 2.75) is 40.7 Å². The lowest BCUT2D eigenvalue weighted by molar-refractivity contribution is -0.185. The Hall–Kier alpha value is -2.18. The summed E-state index contributed by atoms with van der Waals surface area (Å²) in [6, 6.07) is 2.85. The molecule has 0 radical (unpaired) electrons. The molecule has 0 bridgehead atoms. The van der Waals surface area contributed by atoms with Gasteiger partial charge in [0, 0.05) is 11.5 Å². The summed E-state index contributed by atoms with van der Waals surface area (Å²) < 4.78 is 31.2. The topological polar surface area (TPSA) is 55.8 Å². The van der Waals surface area contributed by atoms with Crippen LogP contribution in [0.3, 0.4) is 0 Å². The van der Waals surface area contributed by atoms with Gasteiger partial charge in [0.25, 0.3) is 5.91 Å². The molecule has 0 unspecified atom stereocenters. The van der Waals surface area contributed by atoms with Crippen molar-refractivity contribution in [3.8, 4) is 0 Å². The van der Waals surface area contributed by atoms with Crippen LogP contribution in [0.5, 0.6) is 0 Å². The number of carbonyl (C=O) groups is 2. The summed E-state index contributed by atoms with van der Waals surface area (Å²) in [7, 11) is 0. The summed E-state index contributed by atoms with van der Waals surface area (Å²) in [4.78, 5) is 28.9. The van der Waals surface area contributed by atoms with Crippen molar-refractivity contribution >= 4 is 12.1 Å². The van der Waals surface area contributed by atoms with Gasteiger partial charge in [-0.25, -0.2) is 13.6 Å². The minimum absolute atomic E-state index is 0.0760. The van der Waals surface area contributed by atoms with Crippen LogP contribution in [0.4, 0.5) is 13.6 Å². The number of amides is 1. The van der Waals surface area contributed by atoms with E-state index in [9.17, 15) is 18.4 Å². The molecule has 23 heavy (non-hydrogen) atoms. The average Bonchev–Trinajstić information content (AvgIpc) is 2.45. The zero-order valence-corrected chi connectivity index (χ0v) is 13.7. The van der Waals surface area contributed by atoms with Crippen LogP contribution in [0.2, 0.25) is 0 Å². The Bertz CT molecular complexity index is 555. The molecular formula is C16H21F2NO4. The van der Waals surface area contributed by atoms with E-state index in [1.807, 2.05) is 6.92 Å². The third kappa shape index (κ3) is 5.50. The molecule has 7 heteroatoms. The number of halogens is 2. The Labute approximate surface area is 134 Å². The van der Waals surface area contributed by atoms with Crippen molar-refractivity contribution in [2.24, 2.45) is 5.41 Å². The van der Waals surface area contributed by atoms with E-state index in [4.69, 9.17) is 4.84 Å². The maximum Gasteiger partial charge on any atom is 0.533 e. The lowest BCUT2D eigenvalue weighted by atomic mass is 9.89. The van der Waals surface area contributed by atoms with Crippen molar-refractivity contribution < 1.29 is 27.9 Å². The van der Waals surface area contributed by atoms with Gasteiger partial charge in [-0.15, -0.1) is 0 Å². The normalized spacial score (nSPS) is 11.0. The van der Waals surface area contributed by atoms with Crippen LogP contribution in [0, 0.1) is 17.0 Å². The van der Waals surface area contributed by atoms with Gasteiger partial charge in [-0.3, -0.25) is 4.79 Å². The first-order chi connectivity index (χ1) is 10.7. The van der Waals surface area contributed by atoms with Gasteiger partial charge >= 0.3 is 6.16 Å². The van der Waals surface area contributed by atoms with Gasteiger partial charge in [0.05, 0.1) is 13.2 Å². The third-order valence-corrected chi connectivity index (χ3v) is 3.38. The van der Waals surface area contributed by atoms with Crippen LogP contribution < -0.4 is 0 Å². The molecule has 0 heterocycles. The van der Waals surface area contributed by atoms with Gasteiger partial charge in [0.2, 0.25) is 0 Å². The van der Waals surface area contributed by atoms with Gasteiger partial charge in [0.15, 0.2) is 0 Å². The van der Waals surface area contributed by atoms with E-state index < -0.39 is 29.1 Å². The van der Waals surface area contributed by atoms with E-state index >= 15 is 0 Å². The molecule has 1 aromatic rings. The van der Waals surface area contributed by atoms with Gasteiger partial charge in [-0.2, -0.15) is 5.06 Å². The van der Waals surface area contributed by atoms with Crippen LogP contribution in [0.15, 0.2) is 18.2 Å². The number of benzene rings is 1. The second kappa shape index (κ2) is 7.89. The van der Waals surface area contributed by atoms with Gasteiger partial charge in [-0.05, 0) is 31.0 Å². The SMILES string of the molecule is CCOC(=O)ON(Cc1cc(F)cc(F)c1)C(=O)C(C)(C)CC. The van der Waals surface area contributed by atoms with Crippen molar-refractivity contribution in [1.29, 1.82) is 0 Å². The summed E-state index contributed by atoms with van der Waals surface area (Å²) in [6.07, 6.45) is -0.559. The molecule has 0 saturated heterocycles. The molecule has 0 aliphatic heterocycles. The molecule has 0 aliphatic rings. The Kier molecular flexibility index (Phi) is 6.48. The molecule has 1 aromatic carbocycles. The van der Waals surface area contributed by atoms with Gasteiger partial charge in [0.1, 0.15) is 11.6 Å². The largest absolute Gasteiger partial charge is 0.533 e. The smallest absolute Gasteiger partial charge is 0.433 e. The van der Waals surface area contributed by atoms with Crippen molar-refractivity contribution in [3.63, 3.8) is 0 Å². The minimum atomic E-state index is -1.05. The molecule has 0 spiro atoms. The number of hydrogen-bond donors (Lipinski definition) is 0. The lowest BCUT2D eigenvalue weighted by Gasteiger charge is -2.29. The fourth-order valence-corrected chi connectivity index (χ4v) is 1.74. The standard InChI is InChI=1S/C16H21F2NO4/c1-5-16(3,4)14(20)19(23-15(21)22-6-2)10-11-7-12(17)9-13(18)8-11/h7-9H,5-6,10H2,1-4H3. The quantitative estimate of drug-likeness (QED) is 0.609. The predicted octanol–water partition coefficient (Wildman–Crippen LogP) is 3.82. The zero-order chi connectivity index (χ0) is 17.6. The first kappa shape index (κ1) is 18.9. The molecule has 5 nitrogen and oxygen atoms in total. The summed E-state index contributed by atoms with van der Waals surface area (Å²) in [5.41, 5.74) is -0.648. The first-order valence-corrected chi connectivity index (χ1v) is 7.31. The van der Waals surface area contributed by atoms with Crippen LogP contribution in [-0.2, 0) is 20.9 Å². The molecule has 0 fully saturated rings. The highest BCUT2D eigenvalue weighted by Crippen LogP contribution is 2.25. The number of carbonyl (C=O) groups excluding carboxylic acids is 2. The Morgan fingerprint density at radius 2 is 1.70 bits per heavy atom. The highest BCUT2D eigenvalue weighted by molar-refractivity contribution is 5.82. The first-order valence-electron chi connectivity index (χ1n) is 7.31. The predicted molar refractivity (Wildman–Crippen MR) is 79.1 cm³/mol. The molecule has 128 valence electrons. The van der Waals surface area contributed by atoms with Gasteiger partial charge < -0.3 is 9.57 Å². The summed E-state index contributed by atoms with van der Waals surface area (Å²) in [5.74, 6) is -2.05. The van der Waals surface area contributed by atoms with Crippen LogP contribution in [0.1, 0.15) is 39.7 Å². The lowest BCUT2D eigenvalue weighted by Crippen LogP contribution is -2.41. The summed E-state index contributed by atoms with van der Waals surface area (Å²) >= 11 is 0. The molecule has 0 aliphatic carbocycles. The van der Waals surface area contributed by atoms with E-state index in [-0.39, 0.29) is 18.7 Å². The summed E-state index contributed by atoms with van der Waals surface area (Å²) in [5, 5.41) is 0.774. The molecule has 0 atom stereocenters. The van der Waals surface area contributed by atoms with E-state index in [1.54, 1.807) is 20.8 Å². The van der Waals surface area contributed by atoms with Crippen molar-refractivity contribution in [1.82, 2.24) is 5.06 Å². The zero-order valence-electron chi connectivity index (χ0n) is 13.7. The second-order valence-corrected chi connectivity index (χ2v) is 5.63. The Morgan fingerprint density at radius 3 is 2.17 bits per heavy atom. The highest BCUT2D eigenvalue weighted by atomic mass is 19.1. The third-order valence-electron chi connectivity index (χ3n) is 3.38. The van der Waals surface area contributed by atoms with E-state index in [2.05, 4.69) is 4.74 Å². The van der Waals surface area contributed by atoms with E-state index in [0.29, 0.717) is 6.42 Å². The van der Waals surface area contributed by atoms with Crippen LogP contribution in [0.25, 0.3) is 0 Å².